The summed E-state index contributed by atoms with van der Waals surface area (Å²) in [6.07, 6.45) is 5.33. The fourth-order valence-corrected chi connectivity index (χ4v) is 5.59. The Morgan fingerprint density at radius 1 is 1.14 bits per heavy atom. The maximum Gasteiger partial charge on any atom is 0.247 e. The molecule has 2 aliphatic rings. The van der Waals surface area contributed by atoms with Gasteiger partial charge in [0, 0.05) is 37.0 Å². The lowest BCUT2D eigenvalue weighted by Gasteiger charge is -2.31. The molecule has 1 atom stereocenters. The minimum absolute atomic E-state index is 0.00665. The van der Waals surface area contributed by atoms with Crippen LogP contribution in [-0.2, 0) is 10.0 Å². The van der Waals surface area contributed by atoms with Crippen LogP contribution in [0.5, 0.6) is 0 Å². The molecule has 0 radical (unpaired) electrons. The van der Waals surface area contributed by atoms with Gasteiger partial charge in [0.1, 0.15) is 10.7 Å². The maximum atomic E-state index is 13.4. The molecule has 150 valence electrons. The van der Waals surface area contributed by atoms with Crippen molar-refractivity contribution in [3.63, 3.8) is 0 Å². The van der Waals surface area contributed by atoms with Crippen LogP contribution in [0.1, 0.15) is 31.1 Å². The number of rotatable bonds is 4. The van der Waals surface area contributed by atoms with Gasteiger partial charge >= 0.3 is 0 Å². The van der Waals surface area contributed by atoms with E-state index < -0.39 is 10.0 Å². The Hall–Kier alpha value is -2.65. The third-order valence-electron chi connectivity index (χ3n) is 5.99. The number of hydrogen-bond donors (Lipinski definition) is 0. The van der Waals surface area contributed by atoms with E-state index >= 15 is 0 Å². The first-order valence-corrected chi connectivity index (χ1v) is 10.9. The standard InChI is InChI=1S/C20H19FN4O3S/c21-15-4-1-3-14(11-15)18-23-24-19(28-18)17-12-20(17)6-9-25(10-7-20)29(26,27)16-5-2-8-22-13-16/h1-5,8,11,13,17H,6-7,9-10,12H2. The van der Waals surface area contributed by atoms with Crippen LogP contribution in [0.3, 0.4) is 0 Å². The molecule has 2 fully saturated rings. The van der Waals surface area contributed by atoms with Gasteiger partial charge in [0.25, 0.3) is 0 Å². The normalized spacial score (nSPS) is 21.3. The molecule has 1 unspecified atom stereocenters. The van der Waals surface area contributed by atoms with Crippen LogP contribution in [0.25, 0.3) is 11.5 Å². The summed E-state index contributed by atoms with van der Waals surface area (Å²) in [7, 11) is -3.52. The van der Waals surface area contributed by atoms with Crippen LogP contribution < -0.4 is 0 Å². The average Bonchev–Trinajstić information content (AvgIpc) is 3.20. The van der Waals surface area contributed by atoms with Gasteiger partial charge in [-0.05, 0) is 55.0 Å². The maximum absolute atomic E-state index is 13.4. The first-order chi connectivity index (χ1) is 14.0. The second-order valence-corrected chi connectivity index (χ2v) is 9.61. The Labute approximate surface area is 167 Å². The summed E-state index contributed by atoms with van der Waals surface area (Å²) in [6, 6.07) is 9.25. The second kappa shape index (κ2) is 6.70. The van der Waals surface area contributed by atoms with Crippen molar-refractivity contribution in [3.05, 3.63) is 60.5 Å². The molecule has 0 amide bonds. The van der Waals surface area contributed by atoms with E-state index in [4.69, 9.17) is 4.42 Å². The Kier molecular flexibility index (Phi) is 4.25. The largest absolute Gasteiger partial charge is 0.420 e. The van der Waals surface area contributed by atoms with Crippen LogP contribution in [0, 0.1) is 11.2 Å². The molecule has 5 rings (SSSR count). The summed E-state index contributed by atoms with van der Waals surface area (Å²) >= 11 is 0. The van der Waals surface area contributed by atoms with Crippen molar-refractivity contribution in [1.29, 1.82) is 0 Å². The zero-order chi connectivity index (χ0) is 20.1. The number of piperidine rings is 1. The molecule has 1 aromatic carbocycles. The van der Waals surface area contributed by atoms with Crippen molar-refractivity contribution in [1.82, 2.24) is 19.5 Å². The molecule has 1 saturated carbocycles. The SMILES string of the molecule is O=S(=O)(c1cccnc1)N1CCC2(CC1)CC2c1nnc(-c2cccc(F)c2)o1. The molecule has 1 spiro atoms. The van der Waals surface area contributed by atoms with Gasteiger partial charge in [0.05, 0.1) is 0 Å². The molecule has 1 aliphatic carbocycles. The van der Waals surface area contributed by atoms with E-state index in [1.165, 1.54) is 22.6 Å². The van der Waals surface area contributed by atoms with Crippen LogP contribution >= 0.6 is 0 Å². The van der Waals surface area contributed by atoms with E-state index in [1.807, 2.05) is 0 Å². The quantitative estimate of drug-likeness (QED) is 0.651. The van der Waals surface area contributed by atoms with Gasteiger partial charge in [-0.15, -0.1) is 10.2 Å². The predicted molar refractivity (Wildman–Crippen MR) is 102 cm³/mol. The number of hydrogen-bond acceptors (Lipinski definition) is 6. The summed E-state index contributed by atoms with van der Waals surface area (Å²) < 4.78 is 46.3. The van der Waals surface area contributed by atoms with E-state index in [9.17, 15) is 12.8 Å². The molecular weight excluding hydrogens is 395 g/mol. The zero-order valence-corrected chi connectivity index (χ0v) is 16.3. The zero-order valence-electron chi connectivity index (χ0n) is 15.5. The van der Waals surface area contributed by atoms with Gasteiger partial charge in [-0.2, -0.15) is 4.31 Å². The Morgan fingerprint density at radius 2 is 1.97 bits per heavy atom. The molecule has 3 aromatic rings. The van der Waals surface area contributed by atoms with E-state index in [0.717, 1.165) is 19.3 Å². The highest BCUT2D eigenvalue weighted by molar-refractivity contribution is 7.89. The van der Waals surface area contributed by atoms with Gasteiger partial charge in [0.2, 0.25) is 21.8 Å². The Bertz CT molecular complexity index is 1140. The monoisotopic (exact) mass is 414 g/mol. The van der Waals surface area contributed by atoms with E-state index in [1.54, 1.807) is 30.5 Å². The minimum Gasteiger partial charge on any atom is -0.420 e. The summed E-state index contributed by atoms with van der Waals surface area (Å²) in [5, 5.41) is 8.23. The molecular formula is C20H19FN4O3S. The molecule has 3 heterocycles. The lowest BCUT2D eigenvalue weighted by atomic mass is 9.92. The highest BCUT2D eigenvalue weighted by Gasteiger charge is 2.58. The van der Waals surface area contributed by atoms with Gasteiger partial charge in [0.15, 0.2) is 0 Å². The average molecular weight is 414 g/mol. The summed E-state index contributed by atoms with van der Waals surface area (Å²) in [6.45, 7) is 0.914. The van der Waals surface area contributed by atoms with Crippen molar-refractivity contribution in [2.75, 3.05) is 13.1 Å². The van der Waals surface area contributed by atoms with Crippen LogP contribution in [-0.4, -0.2) is 41.0 Å². The van der Waals surface area contributed by atoms with Gasteiger partial charge in [-0.3, -0.25) is 4.98 Å². The molecule has 0 N–H and O–H groups in total. The summed E-state index contributed by atoms with van der Waals surface area (Å²) in [5.74, 6) is 0.624. The Morgan fingerprint density at radius 3 is 2.69 bits per heavy atom. The van der Waals surface area contributed by atoms with Crippen molar-refractivity contribution in [2.24, 2.45) is 5.41 Å². The highest BCUT2D eigenvalue weighted by atomic mass is 32.2. The van der Waals surface area contributed by atoms with Crippen molar-refractivity contribution in [3.8, 4) is 11.5 Å². The number of nitrogens with zero attached hydrogens (tertiary/aromatic N) is 4. The highest BCUT2D eigenvalue weighted by Crippen LogP contribution is 2.64. The number of aromatic nitrogens is 3. The predicted octanol–water partition coefficient (Wildman–Crippen LogP) is 3.23. The topological polar surface area (TPSA) is 89.2 Å². The summed E-state index contributed by atoms with van der Waals surface area (Å²) in [5.41, 5.74) is 0.558. The lowest BCUT2D eigenvalue weighted by Crippen LogP contribution is -2.39. The van der Waals surface area contributed by atoms with Crippen molar-refractivity contribution in [2.45, 2.75) is 30.1 Å². The van der Waals surface area contributed by atoms with Crippen LogP contribution in [0.4, 0.5) is 4.39 Å². The number of pyridine rings is 1. The first-order valence-electron chi connectivity index (χ1n) is 9.47. The summed E-state index contributed by atoms with van der Waals surface area (Å²) in [4.78, 5) is 4.14. The third-order valence-corrected chi connectivity index (χ3v) is 7.87. The molecule has 0 bridgehead atoms. The minimum atomic E-state index is -3.52. The number of halogens is 1. The van der Waals surface area contributed by atoms with E-state index in [2.05, 4.69) is 15.2 Å². The van der Waals surface area contributed by atoms with Crippen LogP contribution in [0.15, 0.2) is 58.1 Å². The van der Waals surface area contributed by atoms with Crippen molar-refractivity contribution < 1.29 is 17.2 Å². The number of benzene rings is 1. The van der Waals surface area contributed by atoms with E-state index in [0.29, 0.717) is 30.4 Å². The molecule has 2 aromatic heterocycles. The number of sulfonamides is 1. The smallest absolute Gasteiger partial charge is 0.247 e. The van der Waals surface area contributed by atoms with Gasteiger partial charge < -0.3 is 4.42 Å². The van der Waals surface area contributed by atoms with Crippen molar-refractivity contribution >= 4 is 10.0 Å². The van der Waals surface area contributed by atoms with E-state index in [-0.39, 0.29) is 22.0 Å². The fraction of sp³-hybridized carbons (Fsp3) is 0.350. The molecule has 9 heteroatoms. The van der Waals surface area contributed by atoms with Gasteiger partial charge in [-0.25, -0.2) is 12.8 Å². The third kappa shape index (κ3) is 3.24. The Balaban J connectivity index is 1.28. The molecule has 7 nitrogen and oxygen atoms in total. The first kappa shape index (κ1) is 18.4. The fourth-order valence-electron chi connectivity index (χ4n) is 4.18. The molecule has 1 saturated heterocycles. The van der Waals surface area contributed by atoms with Crippen LogP contribution in [0.2, 0.25) is 0 Å². The van der Waals surface area contributed by atoms with Gasteiger partial charge in [-0.1, -0.05) is 6.07 Å². The lowest BCUT2D eigenvalue weighted by molar-refractivity contribution is 0.246. The second-order valence-electron chi connectivity index (χ2n) is 7.67. The molecule has 1 aliphatic heterocycles. The molecule has 29 heavy (non-hydrogen) atoms.